The summed E-state index contributed by atoms with van der Waals surface area (Å²) in [4.78, 5) is 1.24. The molecule has 3 heterocycles. The van der Waals surface area contributed by atoms with Gasteiger partial charge in [0.2, 0.25) is 0 Å². The highest BCUT2D eigenvalue weighted by Crippen LogP contribution is 2.35. The summed E-state index contributed by atoms with van der Waals surface area (Å²) in [6, 6.07) is 29.3. The number of aryl methyl sites for hydroxylation is 3. The van der Waals surface area contributed by atoms with Crippen molar-refractivity contribution in [2.24, 2.45) is 14.1 Å². The zero-order valence-corrected chi connectivity index (χ0v) is 26.0. The maximum atomic E-state index is 9.47. The molecule has 0 radical (unpaired) electrons. The van der Waals surface area contributed by atoms with E-state index in [1.165, 1.54) is 33.0 Å². The molecule has 0 aliphatic heterocycles. The third-order valence-corrected chi connectivity index (χ3v) is 8.53. The molecule has 0 amide bonds. The van der Waals surface area contributed by atoms with Crippen LogP contribution < -0.4 is 0 Å². The van der Waals surface area contributed by atoms with Gasteiger partial charge in [0.05, 0.1) is 22.0 Å². The number of aromatic hydroxyl groups is 2. The fourth-order valence-electron chi connectivity index (χ4n) is 5.52. The lowest BCUT2D eigenvalue weighted by Crippen LogP contribution is -2.02. The molecule has 3 aromatic heterocycles. The number of aromatic nitrogens is 4. The number of benzene rings is 3. The third-order valence-electron chi connectivity index (χ3n) is 7.66. The van der Waals surface area contributed by atoms with E-state index in [1.54, 1.807) is 35.6 Å². The van der Waals surface area contributed by atoms with Gasteiger partial charge in [0, 0.05) is 42.0 Å². The number of nitrogens with zero attached hydrogens (tertiary/aromatic N) is 4. The number of hydrogen-bond donors (Lipinski definition) is 2. The molecule has 0 fully saturated rings. The molecule has 0 aliphatic rings. The van der Waals surface area contributed by atoms with Crippen LogP contribution in [0, 0.1) is 0 Å². The molecule has 43 heavy (non-hydrogen) atoms. The minimum atomic E-state index is 0.279. The SMILES string of the molecule is CCc1c(-c2ccc(O)cc2)nn(C)c1-c1cccs1.CCc1c(-c2ccc(O)cc2)nn(C)c1CCc1ccccc1. The van der Waals surface area contributed by atoms with Crippen molar-refractivity contribution in [3.8, 4) is 44.6 Å². The van der Waals surface area contributed by atoms with Gasteiger partial charge in [0.25, 0.3) is 0 Å². The zero-order chi connectivity index (χ0) is 30.3. The Hall–Kier alpha value is -4.62. The van der Waals surface area contributed by atoms with Crippen LogP contribution in [0.3, 0.4) is 0 Å². The van der Waals surface area contributed by atoms with E-state index in [0.717, 1.165) is 48.2 Å². The Bertz CT molecular complexity index is 1750. The van der Waals surface area contributed by atoms with Crippen LogP contribution in [0.4, 0.5) is 0 Å². The van der Waals surface area contributed by atoms with E-state index in [-0.39, 0.29) is 11.5 Å². The third kappa shape index (κ3) is 6.73. The topological polar surface area (TPSA) is 76.1 Å². The summed E-state index contributed by atoms with van der Waals surface area (Å²) < 4.78 is 3.96. The van der Waals surface area contributed by atoms with E-state index < -0.39 is 0 Å². The van der Waals surface area contributed by atoms with Crippen molar-refractivity contribution in [3.05, 3.63) is 119 Å². The fraction of sp³-hybridized carbons (Fsp3) is 0.222. The van der Waals surface area contributed by atoms with E-state index in [9.17, 15) is 10.2 Å². The van der Waals surface area contributed by atoms with Crippen LogP contribution in [-0.2, 0) is 39.8 Å². The van der Waals surface area contributed by atoms with Gasteiger partial charge in [0.1, 0.15) is 11.5 Å². The molecule has 6 aromatic rings. The Morgan fingerprint density at radius 2 is 1.19 bits per heavy atom. The molecular weight excluding hydrogens is 552 g/mol. The first kappa shape index (κ1) is 29.9. The second kappa shape index (κ2) is 13.6. The molecular formula is C36H38N4O2S. The first-order valence-electron chi connectivity index (χ1n) is 14.7. The summed E-state index contributed by atoms with van der Waals surface area (Å²) in [5, 5.41) is 30.4. The normalized spacial score (nSPS) is 10.9. The molecule has 0 saturated carbocycles. The molecule has 3 aromatic carbocycles. The Labute approximate surface area is 257 Å². The van der Waals surface area contributed by atoms with Crippen LogP contribution in [0.5, 0.6) is 11.5 Å². The lowest BCUT2D eigenvalue weighted by atomic mass is 10.00. The lowest BCUT2D eigenvalue weighted by Gasteiger charge is -2.06. The number of phenols is 2. The maximum absolute atomic E-state index is 9.47. The Kier molecular flexibility index (Phi) is 9.42. The van der Waals surface area contributed by atoms with Gasteiger partial charge in [-0.25, -0.2) is 0 Å². The Morgan fingerprint density at radius 1 is 0.628 bits per heavy atom. The fourth-order valence-corrected chi connectivity index (χ4v) is 6.35. The molecule has 0 saturated heterocycles. The van der Waals surface area contributed by atoms with Crippen molar-refractivity contribution in [1.29, 1.82) is 0 Å². The van der Waals surface area contributed by atoms with Crippen LogP contribution in [0.25, 0.3) is 33.1 Å². The van der Waals surface area contributed by atoms with Gasteiger partial charge in [-0.3, -0.25) is 9.36 Å². The first-order chi connectivity index (χ1) is 20.9. The van der Waals surface area contributed by atoms with Crippen molar-refractivity contribution >= 4 is 11.3 Å². The molecule has 0 unspecified atom stereocenters. The summed E-state index contributed by atoms with van der Waals surface area (Å²) in [6.45, 7) is 4.32. The van der Waals surface area contributed by atoms with Crippen molar-refractivity contribution in [1.82, 2.24) is 19.6 Å². The molecule has 7 heteroatoms. The number of thiophene rings is 1. The number of phenolic OH excluding ortho intramolecular Hbond substituents is 2. The van der Waals surface area contributed by atoms with Crippen molar-refractivity contribution in [3.63, 3.8) is 0 Å². The van der Waals surface area contributed by atoms with E-state index in [2.05, 4.69) is 60.7 Å². The zero-order valence-electron chi connectivity index (χ0n) is 25.2. The molecule has 0 bridgehead atoms. The van der Waals surface area contributed by atoms with Gasteiger partial charge in [-0.2, -0.15) is 10.2 Å². The largest absolute Gasteiger partial charge is 0.508 e. The van der Waals surface area contributed by atoms with Crippen LogP contribution in [-0.4, -0.2) is 29.8 Å². The van der Waals surface area contributed by atoms with Gasteiger partial charge in [-0.05, 0) is 91.2 Å². The summed E-state index contributed by atoms with van der Waals surface area (Å²) in [5.74, 6) is 0.563. The highest BCUT2D eigenvalue weighted by atomic mass is 32.1. The highest BCUT2D eigenvalue weighted by Gasteiger charge is 2.18. The second-order valence-corrected chi connectivity index (χ2v) is 11.4. The van der Waals surface area contributed by atoms with E-state index in [4.69, 9.17) is 5.10 Å². The standard InChI is InChI=1S/C20H22N2O.C16H16N2OS/c1-3-18-19(14-9-15-7-5-4-6-8-15)22(2)21-20(18)16-10-12-17(23)13-11-16;1-3-13-15(11-6-8-12(19)9-7-11)17-18(2)16(13)14-5-4-10-20-14/h4-8,10-13,23H,3,9,14H2,1-2H3;4-10,19H,3H2,1-2H3. The predicted molar refractivity (Wildman–Crippen MR) is 177 cm³/mol. The highest BCUT2D eigenvalue weighted by molar-refractivity contribution is 7.13. The average Bonchev–Trinajstić information content (AvgIpc) is 3.75. The lowest BCUT2D eigenvalue weighted by molar-refractivity contribution is 0.475. The quantitative estimate of drug-likeness (QED) is 0.187. The van der Waals surface area contributed by atoms with Crippen molar-refractivity contribution in [2.75, 3.05) is 0 Å². The second-order valence-electron chi connectivity index (χ2n) is 10.5. The van der Waals surface area contributed by atoms with Gasteiger partial charge in [-0.1, -0.05) is 50.2 Å². The maximum Gasteiger partial charge on any atom is 0.115 e. The van der Waals surface area contributed by atoms with Crippen LogP contribution in [0.15, 0.2) is 96.4 Å². The van der Waals surface area contributed by atoms with E-state index in [0.29, 0.717) is 0 Å². The molecule has 0 spiro atoms. The van der Waals surface area contributed by atoms with Crippen molar-refractivity contribution < 1.29 is 10.2 Å². The van der Waals surface area contributed by atoms with Crippen molar-refractivity contribution in [2.45, 2.75) is 39.5 Å². The summed E-state index contributed by atoms with van der Waals surface area (Å²) in [7, 11) is 4.00. The van der Waals surface area contributed by atoms with Gasteiger partial charge in [-0.15, -0.1) is 11.3 Å². The monoisotopic (exact) mass is 590 g/mol. The molecule has 6 rings (SSSR count). The molecule has 220 valence electrons. The Balaban J connectivity index is 0.000000173. The van der Waals surface area contributed by atoms with Gasteiger partial charge in [0.15, 0.2) is 0 Å². The first-order valence-corrected chi connectivity index (χ1v) is 15.5. The minimum Gasteiger partial charge on any atom is -0.508 e. The Morgan fingerprint density at radius 3 is 1.72 bits per heavy atom. The number of hydrogen-bond acceptors (Lipinski definition) is 5. The van der Waals surface area contributed by atoms with E-state index in [1.807, 2.05) is 53.8 Å². The van der Waals surface area contributed by atoms with Crippen LogP contribution in [0.2, 0.25) is 0 Å². The molecule has 0 aliphatic carbocycles. The number of rotatable bonds is 8. The molecule has 2 N–H and O–H groups in total. The predicted octanol–water partition coefficient (Wildman–Crippen LogP) is 8.22. The van der Waals surface area contributed by atoms with Crippen LogP contribution in [0.1, 0.15) is 36.2 Å². The smallest absolute Gasteiger partial charge is 0.115 e. The van der Waals surface area contributed by atoms with Crippen LogP contribution >= 0.6 is 11.3 Å². The average molecular weight is 591 g/mol. The van der Waals surface area contributed by atoms with E-state index >= 15 is 0 Å². The van der Waals surface area contributed by atoms with Gasteiger partial charge >= 0.3 is 0 Å². The summed E-state index contributed by atoms with van der Waals surface area (Å²) in [5.41, 5.74) is 10.5. The minimum absolute atomic E-state index is 0.279. The molecule has 6 nitrogen and oxygen atoms in total. The summed E-state index contributed by atoms with van der Waals surface area (Å²) >= 11 is 1.73. The van der Waals surface area contributed by atoms with Gasteiger partial charge < -0.3 is 10.2 Å². The molecule has 0 atom stereocenters. The summed E-state index contributed by atoms with van der Waals surface area (Å²) in [6.07, 6.45) is 3.88.